The second-order valence-electron chi connectivity index (χ2n) is 8.03. The summed E-state index contributed by atoms with van der Waals surface area (Å²) >= 11 is 0. The second kappa shape index (κ2) is 7.87. The van der Waals surface area contributed by atoms with Gasteiger partial charge in [0.05, 0.1) is 6.54 Å². The smallest absolute Gasteiger partial charge is 0.253 e. The molecule has 2 fully saturated rings. The van der Waals surface area contributed by atoms with Crippen LogP contribution in [0.2, 0.25) is 0 Å². The molecule has 0 N–H and O–H groups in total. The minimum atomic E-state index is 0.000234. The summed E-state index contributed by atoms with van der Waals surface area (Å²) in [6.07, 6.45) is 7.97. The molecule has 0 bridgehead atoms. The molecule has 1 saturated heterocycles. The summed E-state index contributed by atoms with van der Waals surface area (Å²) in [4.78, 5) is 32.1. The molecule has 8 nitrogen and oxygen atoms in total. The molecule has 4 rings (SSSR count). The average molecular weight is 384 g/mol. The zero-order valence-corrected chi connectivity index (χ0v) is 17.0. The van der Waals surface area contributed by atoms with Gasteiger partial charge in [-0.05, 0) is 25.7 Å². The van der Waals surface area contributed by atoms with Crippen LogP contribution in [0.25, 0.3) is 0 Å². The van der Waals surface area contributed by atoms with Gasteiger partial charge >= 0.3 is 0 Å². The third-order valence-electron chi connectivity index (χ3n) is 5.78. The van der Waals surface area contributed by atoms with Gasteiger partial charge in [0.15, 0.2) is 0 Å². The number of aromatic nitrogens is 4. The largest absolute Gasteiger partial charge is 0.363 e. The van der Waals surface area contributed by atoms with Gasteiger partial charge < -0.3 is 9.80 Å². The van der Waals surface area contributed by atoms with Crippen LogP contribution >= 0.6 is 0 Å². The maximum atomic E-state index is 11.8. The lowest BCUT2D eigenvalue weighted by Crippen LogP contribution is -2.46. The van der Waals surface area contributed by atoms with Crippen molar-refractivity contribution in [2.45, 2.75) is 44.3 Å². The number of rotatable bonds is 6. The Bertz CT molecular complexity index is 869. The van der Waals surface area contributed by atoms with E-state index in [2.05, 4.69) is 30.8 Å². The van der Waals surface area contributed by atoms with Crippen molar-refractivity contribution in [2.75, 3.05) is 37.0 Å². The quantitative estimate of drug-likeness (QED) is 0.744. The van der Waals surface area contributed by atoms with Crippen LogP contribution in [0.1, 0.15) is 31.5 Å². The Hall–Kier alpha value is -2.48. The fourth-order valence-electron chi connectivity index (χ4n) is 3.96. The van der Waals surface area contributed by atoms with Crippen molar-refractivity contribution >= 4 is 11.6 Å². The highest BCUT2D eigenvalue weighted by atomic mass is 16.1. The SMILES string of the molecule is CN(C)c1cc(N(C2CC2)C2CCN(Cc3nccc(=O)n3C)CC2)ncn1. The first-order valence-electron chi connectivity index (χ1n) is 10.0. The minimum Gasteiger partial charge on any atom is -0.363 e. The summed E-state index contributed by atoms with van der Waals surface area (Å²) in [6, 6.07) is 4.72. The van der Waals surface area contributed by atoms with Crippen LogP contribution in [0.15, 0.2) is 29.5 Å². The van der Waals surface area contributed by atoms with E-state index in [-0.39, 0.29) is 5.56 Å². The van der Waals surface area contributed by atoms with E-state index in [0.717, 1.165) is 49.9 Å². The number of nitrogens with zero attached hydrogens (tertiary/aromatic N) is 7. The Balaban J connectivity index is 1.43. The molecular formula is C20H29N7O. The molecule has 1 aliphatic heterocycles. The Morgan fingerprint density at radius 2 is 1.71 bits per heavy atom. The lowest BCUT2D eigenvalue weighted by Gasteiger charge is -2.39. The van der Waals surface area contributed by atoms with Gasteiger partial charge in [0.2, 0.25) is 0 Å². The molecule has 28 heavy (non-hydrogen) atoms. The molecular weight excluding hydrogens is 354 g/mol. The van der Waals surface area contributed by atoms with Crippen molar-refractivity contribution in [2.24, 2.45) is 7.05 Å². The van der Waals surface area contributed by atoms with Crippen molar-refractivity contribution in [3.8, 4) is 0 Å². The van der Waals surface area contributed by atoms with Crippen LogP contribution in [-0.2, 0) is 13.6 Å². The third-order valence-corrected chi connectivity index (χ3v) is 5.78. The summed E-state index contributed by atoms with van der Waals surface area (Å²) in [5, 5.41) is 0. The molecule has 0 unspecified atom stereocenters. The van der Waals surface area contributed by atoms with E-state index < -0.39 is 0 Å². The maximum Gasteiger partial charge on any atom is 0.253 e. The van der Waals surface area contributed by atoms with E-state index in [1.54, 1.807) is 24.1 Å². The third kappa shape index (κ3) is 4.01. The zero-order valence-electron chi connectivity index (χ0n) is 17.0. The van der Waals surface area contributed by atoms with Crippen LogP contribution in [0.5, 0.6) is 0 Å². The van der Waals surface area contributed by atoms with Gasteiger partial charge in [-0.3, -0.25) is 14.3 Å². The van der Waals surface area contributed by atoms with Gasteiger partial charge in [0.25, 0.3) is 5.56 Å². The number of likely N-dealkylation sites (tertiary alicyclic amines) is 1. The van der Waals surface area contributed by atoms with Gasteiger partial charge in [-0.2, -0.15) is 0 Å². The topological polar surface area (TPSA) is 70.4 Å². The van der Waals surface area contributed by atoms with Gasteiger partial charge in [0.1, 0.15) is 23.8 Å². The molecule has 150 valence electrons. The second-order valence-corrected chi connectivity index (χ2v) is 8.03. The Kier molecular flexibility index (Phi) is 5.30. The number of hydrogen-bond donors (Lipinski definition) is 0. The molecule has 0 aromatic carbocycles. The monoisotopic (exact) mass is 383 g/mol. The minimum absolute atomic E-state index is 0.000234. The predicted octanol–water partition coefficient (Wildman–Crippen LogP) is 1.27. The highest BCUT2D eigenvalue weighted by Crippen LogP contribution is 2.36. The summed E-state index contributed by atoms with van der Waals surface area (Å²) in [6.45, 7) is 2.73. The number of piperidine rings is 1. The van der Waals surface area contributed by atoms with Crippen molar-refractivity contribution in [3.05, 3.63) is 40.8 Å². The van der Waals surface area contributed by atoms with E-state index in [1.807, 2.05) is 19.0 Å². The molecule has 2 aliphatic rings. The first-order valence-corrected chi connectivity index (χ1v) is 10.0. The summed E-state index contributed by atoms with van der Waals surface area (Å²) in [5.74, 6) is 2.83. The molecule has 0 amide bonds. The lowest BCUT2D eigenvalue weighted by atomic mass is 10.0. The van der Waals surface area contributed by atoms with Crippen LogP contribution in [0.3, 0.4) is 0 Å². The van der Waals surface area contributed by atoms with E-state index in [4.69, 9.17) is 0 Å². The van der Waals surface area contributed by atoms with E-state index in [1.165, 1.54) is 18.9 Å². The van der Waals surface area contributed by atoms with Crippen LogP contribution < -0.4 is 15.4 Å². The normalized spacial score (nSPS) is 18.2. The predicted molar refractivity (Wildman–Crippen MR) is 110 cm³/mol. The molecule has 1 saturated carbocycles. The van der Waals surface area contributed by atoms with E-state index >= 15 is 0 Å². The molecule has 2 aromatic heterocycles. The molecule has 2 aromatic rings. The fraction of sp³-hybridized carbons (Fsp3) is 0.600. The van der Waals surface area contributed by atoms with Gasteiger partial charge in [-0.15, -0.1) is 0 Å². The number of hydrogen-bond acceptors (Lipinski definition) is 7. The van der Waals surface area contributed by atoms with Crippen LogP contribution in [-0.4, -0.2) is 63.7 Å². The molecule has 3 heterocycles. The van der Waals surface area contributed by atoms with Crippen molar-refractivity contribution < 1.29 is 0 Å². The molecule has 1 aliphatic carbocycles. The first kappa shape index (κ1) is 18.9. The van der Waals surface area contributed by atoms with Crippen LogP contribution in [0.4, 0.5) is 11.6 Å². The van der Waals surface area contributed by atoms with E-state index in [9.17, 15) is 4.79 Å². The van der Waals surface area contributed by atoms with Crippen molar-refractivity contribution in [1.29, 1.82) is 0 Å². The molecule has 0 atom stereocenters. The number of anilines is 2. The van der Waals surface area contributed by atoms with Crippen LogP contribution in [0, 0.1) is 0 Å². The van der Waals surface area contributed by atoms with Crippen molar-refractivity contribution in [1.82, 2.24) is 24.4 Å². The Morgan fingerprint density at radius 3 is 2.39 bits per heavy atom. The lowest BCUT2D eigenvalue weighted by molar-refractivity contribution is 0.193. The first-order chi connectivity index (χ1) is 13.5. The Morgan fingerprint density at radius 1 is 1.04 bits per heavy atom. The Labute approximate surface area is 165 Å². The molecule has 0 spiro atoms. The van der Waals surface area contributed by atoms with E-state index in [0.29, 0.717) is 12.1 Å². The standard InChI is InChI=1S/C20H29N7O/c1-24(2)17-12-18(23-14-22-17)27(15-4-5-15)16-7-10-26(11-8-16)13-19-21-9-6-20(28)25(19)3/h6,9,12,14-16H,4-5,7-8,10-11,13H2,1-3H3. The summed E-state index contributed by atoms with van der Waals surface area (Å²) in [7, 11) is 5.82. The average Bonchev–Trinajstić information content (AvgIpc) is 3.52. The highest BCUT2D eigenvalue weighted by molar-refractivity contribution is 5.51. The summed E-state index contributed by atoms with van der Waals surface area (Å²) < 4.78 is 1.65. The summed E-state index contributed by atoms with van der Waals surface area (Å²) in [5.41, 5.74) is 0.000234. The van der Waals surface area contributed by atoms with Gasteiger partial charge in [-0.25, -0.2) is 15.0 Å². The van der Waals surface area contributed by atoms with Gasteiger partial charge in [-0.1, -0.05) is 0 Å². The molecule has 8 heteroatoms. The fourth-order valence-corrected chi connectivity index (χ4v) is 3.96. The van der Waals surface area contributed by atoms with Gasteiger partial charge in [0, 0.05) is 64.6 Å². The zero-order chi connectivity index (χ0) is 19.7. The molecule has 0 radical (unpaired) electrons. The highest BCUT2D eigenvalue weighted by Gasteiger charge is 2.36. The van der Waals surface area contributed by atoms with Crippen molar-refractivity contribution in [3.63, 3.8) is 0 Å². The maximum absolute atomic E-state index is 11.8.